The van der Waals surface area contributed by atoms with Gasteiger partial charge in [-0.3, -0.25) is 4.90 Å². The van der Waals surface area contributed by atoms with Crippen molar-refractivity contribution < 1.29 is 13.2 Å². The van der Waals surface area contributed by atoms with Crippen molar-refractivity contribution in [2.24, 2.45) is 0 Å². The summed E-state index contributed by atoms with van der Waals surface area (Å²) in [5.74, 6) is 0. The Balaban J connectivity index is 2.19. The van der Waals surface area contributed by atoms with Crippen molar-refractivity contribution in [2.75, 3.05) is 26.2 Å². The first-order valence-corrected chi connectivity index (χ1v) is 6.54. The molecule has 1 unspecified atom stereocenters. The normalized spacial score (nSPS) is 22.9. The number of rotatable bonds is 6. The van der Waals surface area contributed by atoms with Crippen molar-refractivity contribution in [1.82, 2.24) is 10.2 Å². The van der Waals surface area contributed by atoms with Crippen LogP contribution in [0.1, 0.15) is 39.0 Å². The van der Waals surface area contributed by atoms with Crippen LogP contribution in [0.5, 0.6) is 0 Å². The van der Waals surface area contributed by atoms with Gasteiger partial charge in [-0.05, 0) is 25.8 Å². The fourth-order valence-corrected chi connectivity index (χ4v) is 2.47. The van der Waals surface area contributed by atoms with Gasteiger partial charge in [0.05, 0.1) is 6.54 Å². The van der Waals surface area contributed by atoms with Crippen LogP contribution in [-0.4, -0.2) is 43.3 Å². The van der Waals surface area contributed by atoms with Crippen LogP contribution in [0, 0.1) is 0 Å². The van der Waals surface area contributed by atoms with Crippen LogP contribution in [0.15, 0.2) is 0 Å². The SMILES string of the molecule is CCCC1CCCCN1CCNCC(F)(F)F. The van der Waals surface area contributed by atoms with Crippen LogP contribution < -0.4 is 5.32 Å². The van der Waals surface area contributed by atoms with Crippen LogP contribution >= 0.6 is 0 Å². The summed E-state index contributed by atoms with van der Waals surface area (Å²) in [5, 5.41) is 2.47. The molecule has 1 aliphatic rings. The second-order valence-corrected chi connectivity index (χ2v) is 4.77. The summed E-state index contributed by atoms with van der Waals surface area (Å²) in [5.41, 5.74) is 0. The Hall–Kier alpha value is -0.290. The van der Waals surface area contributed by atoms with E-state index in [-0.39, 0.29) is 0 Å². The Kier molecular flexibility index (Phi) is 6.27. The highest BCUT2D eigenvalue weighted by Gasteiger charge is 2.26. The minimum absolute atomic E-state index is 0.430. The molecule has 1 N–H and O–H groups in total. The number of hydrogen-bond donors (Lipinski definition) is 1. The van der Waals surface area contributed by atoms with Crippen molar-refractivity contribution in [3.63, 3.8) is 0 Å². The van der Waals surface area contributed by atoms with Gasteiger partial charge in [-0.25, -0.2) is 0 Å². The lowest BCUT2D eigenvalue weighted by molar-refractivity contribution is -0.124. The maximum atomic E-state index is 11.9. The summed E-state index contributed by atoms with van der Waals surface area (Å²) in [6.07, 6.45) is 1.87. The summed E-state index contributed by atoms with van der Waals surface area (Å²) < 4.78 is 35.8. The van der Waals surface area contributed by atoms with Gasteiger partial charge in [-0.2, -0.15) is 13.2 Å². The van der Waals surface area contributed by atoms with Crippen molar-refractivity contribution in [2.45, 2.75) is 51.2 Å². The van der Waals surface area contributed by atoms with Gasteiger partial charge in [0.2, 0.25) is 0 Å². The molecule has 0 aliphatic carbocycles. The van der Waals surface area contributed by atoms with Gasteiger partial charge in [-0.15, -0.1) is 0 Å². The van der Waals surface area contributed by atoms with Crippen LogP contribution in [0.4, 0.5) is 13.2 Å². The predicted octanol–water partition coefficient (Wildman–Crippen LogP) is 2.79. The van der Waals surface area contributed by atoms with Gasteiger partial charge < -0.3 is 5.32 Å². The van der Waals surface area contributed by atoms with Crippen LogP contribution in [0.25, 0.3) is 0 Å². The number of piperidine rings is 1. The summed E-state index contributed by atoms with van der Waals surface area (Å²) in [6.45, 7) is 3.49. The molecule has 0 spiro atoms. The molecule has 1 aliphatic heterocycles. The molecule has 102 valence electrons. The maximum Gasteiger partial charge on any atom is 0.401 e. The van der Waals surface area contributed by atoms with Crippen molar-refractivity contribution in [3.8, 4) is 0 Å². The molecule has 1 saturated heterocycles. The van der Waals surface area contributed by atoms with E-state index in [1.165, 1.54) is 25.7 Å². The van der Waals surface area contributed by atoms with E-state index >= 15 is 0 Å². The number of halogens is 3. The molecule has 0 aromatic carbocycles. The van der Waals surface area contributed by atoms with Crippen molar-refractivity contribution in [1.29, 1.82) is 0 Å². The Morgan fingerprint density at radius 3 is 2.71 bits per heavy atom. The fourth-order valence-electron chi connectivity index (χ4n) is 2.47. The first kappa shape index (κ1) is 14.8. The smallest absolute Gasteiger partial charge is 0.307 e. The zero-order chi connectivity index (χ0) is 12.7. The molecule has 0 amide bonds. The van der Waals surface area contributed by atoms with Crippen LogP contribution in [0.3, 0.4) is 0 Å². The Labute approximate surface area is 102 Å². The van der Waals surface area contributed by atoms with E-state index in [1.54, 1.807) is 0 Å². The van der Waals surface area contributed by atoms with Gasteiger partial charge in [0.15, 0.2) is 0 Å². The topological polar surface area (TPSA) is 15.3 Å². The molecule has 0 radical (unpaired) electrons. The molecule has 0 saturated carbocycles. The maximum absolute atomic E-state index is 11.9. The van der Waals surface area contributed by atoms with E-state index < -0.39 is 12.7 Å². The molecule has 0 aromatic rings. The standard InChI is InChI=1S/C12H23F3N2/c1-2-5-11-6-3-4-8-17(11)9-7-16-10-12(13,14)15/h11,16H,2-10H2,1H3. The summed E-state index contributed by atoms with van der Waals surface area (Å²) in [7, 11) is 0. The largest absolute Gasteiger partial charge is 0.401 e. The first-order chi connectivity index (χ1) is 8.03. The van der Waals surface area contributed by atoms with E-state index in [2.05, 4.69) is 17.1 Å². The second kappa shape index (κ2) is 7.21. The molecule has 1 atom stereocenters. The number of likely N-dealkylation sites (tertiary alicyclic amines) is 1. The number of nitrogens with zero attached hydrogens (tertiary/aromatic N) is 1. The highest BCUT2D eigenvalue weighted by Crippen LogP contribution is 2.20. The zero-order valence-corrected chi connectivity index (χ0v) is 10.5. The fraction of sp³-hybridized carbons (Fsp3) is 1.00. The van der Waals surface area contributed by atoms with Crippen LogP contribution in [0.2, 0.25) is 0 Å². The molecule has 17 heavy (non-hydrogen) atoms. The van der Waals surface area contributed by atoms with Gasteiger partial charge in [0.25, 0.3) is 0 Å². The minimum Gasteiger partial charge on any atom is -0.307 e. The van der Waals surface area contributed by atoms with Gasteiger partial charge in [0.1, 0.15) is 0 Å². The predicted molar refractivity (Wildman–Crippen MR) is 63.0 cm³/mol. The molecule has 5 heteroatoms. The highest BCUT2D eigenvalue weighted by molar-refractivity contribution is 4.77. The summed E-state index contributed by atoms with van der Waals surface area (Å²) >= 11 is 0. The highest BCUT2D eigenvalue weighted by atomic mass is 19.4. The average molecular weight is 252 g/mol. The molecular weight excluding hydrogens is 229 g/mol. The molecular formula is C12H23F3N2. The van der Waals surface area contributed by atoms with E-state index in [1.807, 2.05) is 0 Å². The lowest BCUT2D eigenvalue weighted by Crippen LogP contribution is -2.44. The molecule has 0 bridgehead atoms. The van der Waals surface area contributed by atoms with Gasteiger partial charge >= 0.3 is 6.18 Å². The Morgan fingerprint density at radius 1 is 1.29 bits per heavy atom. The van der Waals surface area contributed by atoms with Gasteiger partial charge in [0, 0.05) is 19.1 Å². The van der Waals surface area contributed by atoms with Crippen molar-refractivity contribution in [3.05, 3.63) is 0 Å². The monoisotopic (exact) mass is 252 g/mol. The first-order valence-electron chi connectivity index (χ1n) is 6.54. The van der Waals surface area contributed by atoms with Crippen LogP contribution in [-0.2, 0) is 0 Å². The second-order valence-electron chi connectivity index (χ2n) is 4.77. The van der Waals surface area contributed by atoms with E-state index in [9.17, 15) is 13.2 Å². The zero-order valence-electron chi connectivity index (χ0n) is 10.5. The number of alkyl halides is 3. The minimum atomic E-state index is -4.09. The lowest BCUT2D eigenvalue weighted by Gasteiger charge is -2.35. The molecule has 1 rings (SSSR count). The number of nitrogens with one attached hydrogen (secondary N) is 1. The Morgan fingerprint density at radius 2 is 2.06 bits per heavy atom. The average Bonchev–Trinajstić information content (AvgIpc) is 2.25. The summed E-state index contributed by atoms with van der Waals surface area (Å²) in [6, 6.07) is 0.585. The third kappa shape index (κ3) is 6.27. The molecule has 0 aromatic heterocycles. The van der Waals surface area contributed by atoms with E-state index in [4.69, 9.17) is 0 Å². The van der Waals surface area contributed by atoms with E-state index in [0.29, 0.717) is 12.6 Å². The molecule has 1 heterocycles. The lowest BCUT2D eigenvalue weighted by atomic mass is 9.98. The molecule has 2 nitrogen and oxygen atoms in total. The third-order valence-electron chi connectivity index (χ3n) is 3.27. The Bertz CT molecular complexity index is 204. The third-order valence-corrected chi connectivity index (χ3v) is 3.27. The molecule has 1 fully saturated rings. The number of hydrogen-bond acceptors (Lipinski definition) is 2. The summed E-state index contributed by atoms with van der Waals surface area (Å²) in [4.78, 5) is 2.34. The quantitative estimate of drug-likeness (QED) is 0.731. The van der Waals surface area contributed by atoms with E-state index in [0.717, 1.165) is 19.5 Å². The van der Waals surface area contributed by atoms with Crippen molar-refractivity contribution >= 4 is 0 Å². The van der Waals surface area contributed by atoms with Gasteiger partial charge in [-0.1, -0.05) is 19.8 Å².